The van der Waals surface area contributed by atoms with E-state index >= 15 is 0 Å². The molecular weight excluding hydrogens is 442 g/mol. The molecule has 1 unspecified atom stereocenters. The number of aryl methyl sites for hydroxylation is 1. The summed E-state index contributed by atoms with van der Waals surface area (Å²) < 4.78 is 31.9. The second kappa shape index (κ2) is 8.48. The van der Waals surface area contributed by atoms with E-state index in [1.165, 1.54) is 17.1 Å². The van der Waals surface area contributed by atoms with Gasteiger partial charge in [-0.3, -0.25) is 4.57 Å². The largest absolute Gasteiger partial charge is 0.389 e. The van der Waals surface area contributed by atoms with E-state index in [0.717, 1.165) is 0 Å². The maximum atomic E-state index is 14.7. The highest BCUT2D eigenvalue weighted by molar-refractivity contribution is 5.81. The molecule has 1 saturated heterocycles. The van der Waals surface area contributed by atoms with Gasteiger partial charge in [0.15, 0.2) is 11.5 Å². The van der Waals surface area contributed by atoms with Crippen LogP contribution in [0, 0.1) is 24.1 Å². The first-order valence-corrected chi connectivity index (χ1v) is 10.8. The lowest BCUT2D eigenvalue weighted by molar-refractivity contribution is 0.198. The summed E-state index contributed by atoms with van der Waals surface area (Å²) in [4.78, 5) is 9.00. The van der Waals surface area contributed by atoms with Gasteiger partial charge in [-0.1, -0.05) is 0 Å². The van der Waals surface area contributed by atoms with Crippen molar-refractivity contribution >= 4 is 16.7 Å². The van der Waals surface area contributed by atoms with Crippen LogP contribution in [0.3, 0.4) is 0 Å². The molecule has 9 nitrogen and oxygen atoms in total. The zero-order chi connectivity index (χ0) is 24.0. The second-order valence-corrected chi connectivity index (χ2v) is 8.31. The minimum atomic E-state index is -1.12. The second-order valence-electron chi connectivity index (χ2n) is 8.31. The Labute approximate surface area is 193 Å². The van der Waals surface area contributed by atoms with Crippen molar-refractivity contribution in [2.45, 2.75) is 32.2 Å². The average Bonchev–Trinajstić information content (AvgIpc) is 3.52. The molecule has 0 bridgehead atoms. The Morgan fingerprint density at radius 1 is 1.29 bits per heavy atom. The zero-order valence-corrected chi connectivity index (χ0v) is 18.5. The van der Waals surface area contributed by atoms with Crippen LogP contribution in [0.4, 0.5) is 14.5 Å². The van der Waals surface area contributed by atoms with E-state index in [0.29, 0.717) is 40.5 Å². The van der Waals surface area contributed by atoms with E-state index in [9.17, 15) is 19.1 Å². The number of hydrogen-bond acceptors (Lipinski definition) is 7. The van der Waals surface area contributed by atoms with Gasteiger partial charge in [0.1, 0.15) is 30.2 Å². The third kappa shape index (κ3) is 3.76. The SMILES string of the molecule is Cc1cc(C#N)nn1-c1nc(-n2cnc3cc(F)c(N[C@H]4CNC[C@H]4F)cc32)ccc1C(C)O. The van der Waals surface area contributed by atoms with Crippen molar-refractivity contribution in [1.29, 1.82) is 5.26 Å². The molecule has 1 aliphatic heterocycles. The summed E-state index contributed by atoms with van der Waals surface area (Å²) in [6.45, 7) is 4.03. The normalized spacial score (nSPS) is 18.8. The van der Waals surface area contributed by atoms with Crippen LogP contribution in [0.15, 0.2) is 36.7 Å². The molecule has 3 aromatic heterocycles. The van der Waals surface area contributed by atoms with E-state index in [1.807, 2.05) is 6.07 Å². The van der Waals surface area contributed by atoms with Crippen molar-refractivity contribution in [3.8, 4) is 17.7 Å². The van der Waals surface area contributed by atoms with Gasteiger partial charge in [-0.2, -0.15) is 10.4 Å². The van der Waals surface area contributed by atoms with Crippen LogP contribution in [0.25, 0.3) is 22.7 Å². The van der Waals surface area contributed by atoms with Gasteiger partial charge in [0, 0.05) is 30.4 Å². The van der Waals surface area contributed by atoms with Gasteiger partial charge >= 0.3 is 0 Å². The number of hydrogen-bond donors (Lipinski definition) is 3. The number of aliphatic hydroxyl groups is 1. The fraction of sp³-hybridized carbons (Fsp3) is 0.304. The van der Waals surface area contributed by atoms with Crippen LogP contribution >= 0.6 is 0 Å². The van der Waals surface area contributed by atoms with E-state index in [1.54, 1.807) is 42.7 Å². The number of aromatic nitrogens is 5. The Bertz CT molecular complexity index is 1420. The van der Waals surface area contributed by atoms with Crippen molar-refractivity contribution in [3.63, 3.8) is 0 Å². The standard InChI is InChI=1S/C23H22F2N8O/c1-12-5-14(8-26)31-33(12)23-15(13(2)34)3-4-22(30-23)32-11-28-19-6-16(24)18(7-21(19)32)29-20-10-27-9-17(20)25/h3-7,11,13,17,20,27,29,34H,9-10H2,1-2H3/t13?,17-,20+/m1/s1. The molecule has 174 valence electrons. The molecule has 1 aliphatic rings. The highest BCUT2D eigenvalue weighted by Gasteiger charge is 2.27. The molecule has 4 heterocycles. The van der Waals surface area contributed by atoms with Crippen LogP contribution < -0.4 is 10.6 Å². The first-order valence-electron chi connectivity index (χ1n) is 10.8. The highest BCUT2D eigenvalue weighted by Crippen LogP contribution is 2.28. The monoisotopic (exact) mass is 464 g/mol. The summed E-state index contributed by atoms with van der Waals surface area (Å²) >= 11 is 0. The molecular formula is C23H22F2N8O. The van der Waals surface area contributed by atoms with E-state index < -0.39 is 24.1 Å². The van der Waals surface area contributed by atoms with Crippen molar-refractivity contribution in [2.24, 2.45) is 0 Å². The molecule has 3 N–H and O–H groups in total. The number of nitriles is 1. The molecule has 0 radical (unpaired) electrons. The molecule has 0 spiro atoms. The van der Waals surface area contributed by atoms with Crippen molar-refractivity contribution in [3.05, 3.63) is 59.4 Å². The van der Waals surface area contributed by atoms with Crippen LogP contribution in [-0.2, 0) is 0 Å². The molecule has 0 saturated carbocycles. The summed E-state index contributed by atoms with van der Waals surface area (Å²) in [6.07, 6.45) is -0.426. The van der Waals surface area contributed by atoms with E-state index in [2.05, 4.69) is 20.7 Å². The van der Waals surface area contributed by atoms with Gasteiger partial charge in [-0.05, 0) is 38.1 Å². The highest BCUT2D eigenvalue weighted by atomic mass is 19.1. The fourth-order valence-corrected chi connectivity index (χ4v) is 4.13. The van der Waals surface area contributed by atoms with E-state index in [-0.39, 0.29) is 17.9 Å². The van der Waals surface area contributed by atoms with Gasteiger partial charge in [0.2, 0.25) is 0 Å². The summed E-state index contributed by atoms with van der Waals surface area (Å²) in [5.41, 5.74) is 2.59. The van der Waals surface area contributed by atoms with Crippen molar-refractivity contribution in [2.75, 3.05) is 18.4 Å². The number of nitrogens with one attached hydrogen (secondary N) is 2. The van der Waals surface area contributed by atoms with Crippen LogP contribution in [0.1, 0.15) is 30.0 Å². The number of aliphatic hydroxyl groups excluding tert-OH is 1. The summed E-state index contributed by atoms with van der Waals surface area (Å²) in [6, 6.07) is 9.42. The van der Waals surface area contributed by atoms with Crippen LogP contribution in [0.2, 0.25) is 0 Å². The van der Waals surface area contributed by atoms with Crippen molar-refractivity contribution < 1.29 is 13.9 Å². The predicted molar refractivity (Wildman–Crippen MR) is 121 cm³/mol. The molecule has 11 heteroatoms. The third-order valence-electron chi connectivity index (χ3n) is 5.91. The topological polar surface area (TPSA) is 117 Å². The minimum Gasteiger partial charge on any atom is -0.389 e. The Kier molecular flexibility index (Phi) is 5.47. The number of anilines is 1. The summed E-state index contributed by atoms with van der Waals surface area (Å²) in [5.74, 6) is 0.302. The number of fused-ring (bicyclic) bond motifs is 1. The quantitative estimate of drug-likeness (QED) is 0.416. The number of nitrogens with zero attached hydrogens (tertiary/aromatic N) is 6. The molecule has 4 aromatic rings. The average molecular weight is 464 g/mol. The third-order valence-corrected chi connectivity index (χ3v) is 5.91. The Hall–Kier alpha value is -3.88. The zero-order valence-electron chi connectivity index (χ0n) is 18.5. The minimum absolute atomic E-state index is 0.174. The molecule has 34 heavy (non-hydrogen) atoms. The maximum absolute atomic E-state index is 14.7. The summed E-state index contributed by atoms with van der Waals surface area (Å²) in [5, 5.41) is 29.7. The smallest absolute Gasteiger partial charge is 0.163 e. The number of halogens is 2. The molecule has 0 amide bonds. The van der Waals surface area contributed by atoms with Gasteiger partial charge in [0.05, 0.1) is 28.9 Å². The van der Waals surface area contributed by atoms with Gasteiger partial charge in [-0.25, -0.2) is 23.4 Å². The summed E-state index contributed by atoms with van der Waals surface area (Å²) in [7, 11) is 0. The lowest BCUT2D eigenvalue weighted by Gasteiger charge is -2.17. The lowest BCUT2D eigenvalue weighted by Crippen LogP contribution is -2.29. The number of rotatable bonds is 5. The first-order chi connectivity index (χ1) is 16.4. The number of pyridine rings is 1. The lowest BCUT2D eigenvalue weighted by atomic mass is 10.1. The predicted octanol–water partition coefficient (Wildman–Crippen LogP) is 2.70. The van der Waals surface area contributed by atoms with Gasteiger partial charge < -0.3 is 15.7 Å². The van der Waals surface area contributed by atoms with Gasteiger partial charge in [0.25, 0.3) is 0 Å². The van der Waals surface area contributed by atoms with E-state index in [4.69, 9.17) is 4.98 Å². The molecule has 5 rings (SSSR count). The Morgan fingerprint density at radius 2 is 2.12 bits per heavy atom. The Morgan fingerprint density at radius 3 is 2.79 bits per heavy atom. The Balaban J connectivity index is 1.61. The molecule has 0 aliphatic carbocycles. The first kappa shape index (κ1) is 21.9. The molecule has 1 fully saturated rings. The molecule has 3 atom stereocenters. The number of alkyl halides is 1. The number of benzene rings is 1. The fourth-order valence-electron chi connectivity index (χ4n) is 4.13. The number of imidazole rings is 1. The molecule has 1 aromatic carbocycles. The maximum Gasteiger partial charge on any atom is 0.163 e. The van der Waals surface area contributed by atoms with Crippen molar-refractivity contribution in [1.82, 2.24) is 29.6 Å². The van der Waals surface area contributed by atoms with Crippen LogP contribution in [-0.4, -0.2) is 54.7 Å². The van der Waals surface area contributed by atoms with Crippen LogP contribution in [0.5, 0.6) is 0 Å². The van der Waals surface area contributed by atoms with Gasteiger partial charge in [-0.15, -0.1) is 0 Å².